The molecular weight excluding hydrogens is 320 g/mol. The Morgan fingerprint density at radius 3 is 2.78 bits per heavy atom. The number of nitrogens with one attached hydrogen (secondary N) is 2. The molecule has 1 aliphatic heterocycles. The maximum absolute atomic E-state index is 12.4. The van der Waals surface area contributed by atoms with E-state index >= 15 is 0 Å². The van der Waals surface area contributed by atoms with Crippen molar-refractivity contribution in [1.82, 2.24) is 15.5 Å². The molecule has 1 aliphatic rings. The van der Waals surface area contributed by atoms with Gasteiger partial charge in [-0.25, -0.2) is 4.79 Å². The molecule has 0 unspecified atom stereocenters. The van der Waals surface area contributed by atoms with Crippen molar-refractivity contribution >= 4 is 30.0 Å². The van der Waals surface area contributed by atoms with Crippen LogP contribution in [-0.4, -0.2) is 64.2 Å². The van der Waals surface area contributed by atoms with E-state index in [1.807, 2.05) is 7.05 Å². The van der Waals surface area contributed by atoms with Crippen LogP contribution in [0, 0.1) is 0 Å². The number of methoxy groups -OCH3 is 1. The minimum atomic E-state index is -0.175. The number of halogens is 1. The lowest BCUT2D eigenvalue weighted by Crippen LogP contribution is -2.33. The summed E-state index contributed by atoms with van der Waals surface area (Å²) in [6, 6.07) is 4.97. The Morgan fingerprint density at radius 1 is 1.48 bits per heavy atom. The van der Waals surface area contributed by atoms with Gasteiger partial charge in [-0.3, -0.25) is 9.69 Å². The van der Waals surface area contributed by atoms with Crippen LogP contribution in [0.25, 0.3) is 0 Å². The minimum absolute atomic E-state index is 0. The summed E-state index contributed by atoms with van der Waals surface area (Å²) >= 11 is 0. The van der Waals surface area contributed by atoms with Crippen LogP contribution < -0.4 is 20.3 Å². The third-order valence-electron chi connectivity index (χ3n) is 3.62. The lowest BCUT2D eigenvalue weighted by atomic mass is 10.1. The fourth-order valence-electron chi connectivity index (χ4n) is 2.34. The topological polar surface area (TPSA) is 73.9 Å². The summed E-state index contributed by atoms with van der Waals surface area (Å²) in [5, 5.41) is 5.76. The quantitative estimate of drug-likeness (QED) is 0.807. The second kappa shape index (κ2) is 8.59. The number of benzene rings is 1. The monoisotopic (exact) mass is 342 g/mol. The SMILES string of the molecule is CNCCN(C)C(=O)c1ccc(OC)c(N2CCNC2=O)c1.Cl. The van der Waals surface area contributed by atoms with E-state index in [1.165, 1.54) is 0 Å². The Labute approximate surface area is 142 Å². The van der Waals surface area contributed by atoms with Gasteiger partial charge in [0.2, 0.25) is 0 Å². The van der Waals surface area contributed by atoms with Gasteiger partial charge in [0, 0.05) is 38.8 Å². The number of carbonyl (C=O) groups excluding carboxylic acids is 2. The Morgan fingerprint density at radius 2 is 2.22 bits per heavy atom. The van der Waals surface area contributed by atoms with Gasteiger partial charge in [-0.1, -0.05) is 0 Å². The van der Waals surface area contributed by atoms with Crippen LogP contribution in [0.3, 0.4) is 0 Å². The third kappa shape index (κ3) is 4.27. The van der Waals surface area contributed by atoms with Gasteiger partial charge in [0.1, 0.15) is 5.75 Å². The highest BCUT2D eigenvalue weighted by Gasteiger charge is 2.25. The maximum Gasteiger partial charge on any atom is 0.322 e. The molecule has 0 aromatic heterocycles. The number of carbonyl (C=O) groups is 2. The van der Waals surface area contributed by atoms with Crippen molar-refractivity contribution in [2.24, 2.45) is 0 Å². The van der Waals surface area contributed by atoms with E-state index < -0.39 is 0 Å². The van der Waals surface area contributed by atoms with E-state index in [0.717, 1.165) is 6.54 Å². The number of hydrogen-bond acceptors (Lipinski definition) is 4. The number of ether oxygens (including phenoxy) is 1. The molecule has 2 rings (SSSR count). The smallest absolute Gasteiger partial charge is 0.322 e. The zero-order chi connectivity index (χ0) is 16.1. The van der Waals surface area contributed by atoms with Crippen molar-refractivity contribution in [2.45, 2.75) is 0 Å². The van der Waals surface area contributed by atoms with Crippen molar-refractivity contribution in [1.29, 1.82) is 0 Å². The first-order valence-corrected chi connectivity index (χ1v) is 7.22. The van der Waals surface area contributed by atoms with Gasteiger partial charge in [-0.15, -0.1) is 12.4 Å². The average Bonchev–Trinajstić information content (AvgIpc) is 2.97. The number of hydrogen-bond donors (Lipinski definition) is 2. The van der Waals surface area contributed by atoms with Crippen molar-refractivity contribution in [2.75, 3.05) is 52.3 Å². The molecule has 7 nitrogen and oxygen atoms in total. The Hall–Kier alpha value is -1.99. The second-order valence-electron chi connectivity index (χ2n) is 5.10. The van der Waals surface area contributed by atoms with Crippen LogP contribution in [0.1, 0.15) is 10.4 Å². The number of amides is 3. The van der Waals surface area contributed by atoms with Crippen LogP contribution in [0.15, 0.2) is 18.2 Å². The van der Waals surface area contributed by atoms with E-state index in [2.05, 4.69) is 10.6 Å². The number of nitrogens with zero attached hydrogens (tertiary/aromatic N) is 2. The summed E-state index contributed by atoms with van der Waals surface area (Å²) in [7, 11) is 5.15. The molecule has 1 aromatic rings. The predicted octanol–water partition coefficient (Wildman–Crippen LogP) is 0.938. The molecular formula is C15H23ClN4O3. The van der Waals surface area contributed by atoms with Crippen LogP contribution in [-0.2, 0) is 0 Å². The van der Waals surface area contributed by atoms with E-state index in [-0.39, 0.29) is 24.3 Å². The molecule has 0 saturated carbocycles. The Balaban J connectivity index is 0.00000264. The summed E-state index contributed by atoms with van der Waals surface area (Å²) in [6.45, 7) is 2.48. The molecule has 0 bridgehead atoms. The molecule has 3 amide bonds. The van der Waals surface area contributed by atoms with E-state index in [4.69, 9.17) is 4.74 Å². The summed E-state index contributed by atoms with van der Waals surface area (Å²) in [5.41, 5.74) is 1.15. The zero-order valence-electron chi connectivity index (χ0n) is 13.6. The summed E-state index contributed by atoms with van der Waals surface area (Å²) in [5.74, 6) is 0.491. The first kappa shape index (κ1) is 19.1. The molecule has 1 saturated heterocycles. The second-order valence-corrected chi connectivity index (χ2v) is 5.10. The fraction of sp³-hybridized carbons (Fsp3) is 0.467. The van der Waals surface area contributed by atoms with E-state index in [9.17, 15) is 9.59 Å². The number of anilines is 1. The predicted molar refractivity (Wildman–Crippen MR) is 91.9 cm³/mol. The molecule has 23 heavy (non-hydrogen) atoms. The molecule has 0 spiro atoms. The normalized spacial score (nSPS) is 13.3. The lowest BCUT2D eigenvalue weighted by Gasteiger charge is -2.21. The molecule has 1 heterocycles. The average molecular weight is 343 g/mol. The maximum atomic E-state index is 12.4. The molecule has 8 heteroatoms. The largest absolute Gasteiger partial charge is 0.495 e. The fourth-order valence-corrected chi connectivity index (χ4v) is 2.34. The molecule has 0 atom stereocenters. The first-order valence-electron chi connectivity index (χ1n) is 7.22. The van der Waals surface area contributed by atoms with Gasteiger partial charge >= 0.3 is 6.03 Å². The van der Waals surface area contributed by atoms with E-state index in [0.29, 0.717) is 36.6 Å². The Kier molecular flexibility index (Phi) is 7.12. The zero-order valence-corrected chi connectivity index (χ0v) is 14.4. The van der Waals surface area contributed by atoms with Crippen molar-refractivity contribution in [3.63, 3.8) is 0 Å². The molecule has 1 aromatic carbocycles. The van der Waals surface area contributed by atoms with Crippen LogP contribution in [0.2, 0.25) is 0 Å². The standard InChI is InChI=1S/C15H22N4O3.ClH/c1-16-6-8-18(2)14(20)11-4-5-13(22-3)12(10-11)19-9-7-17-15(19)21;/h4-5,10,16H,6-9H2,1-3H3,(H,17,21);1H. The number of rotatable bonds is 6. The van der Waals surface area contributed by atoms with Gasteiger partial charge in [0.15, 0.2) is 0 Å². The third-order valence-corrected chi connectivity index (χ3v) is 3.62. The van der Waals surface area contributed by atoms with Gasteiger partial charge < -0.3 is 20.3 Å². The van der Waals surface area contributed by atoms with Crippen LogP contribution in [0.4, 0.5) is 10.5 Å². The molecule has 0 radical (unpaired) electrons. The highest BCUT2D eigenvalue weighted by molar-refractivity contribution is 5.99. The molecule has 128 valence electrons. The molecule has 0 aliphatic carbocycles. The number of urea groups is 1. The lowest BCUT2D eigenvalue weighted by molar-refractivity contribution is 0.0797. The van der Waals surface area contributed by atoms with Gasteiger partial charge in [-0.2, -0.15) is 0 Å². The van der Waals surface area contributed by atoms with E-state index in [1.54, 1.807) is 42.2 Å². The van der Waals surface area contributed by atoms with Crippen LogP contribution >= 0.6 is 12.4 Å². The van der Waals surface area contributed by atoms with Gasteiger partial charge in [-0.05, 0) is 25.2 Å². The Bertz CT molecular complexity index is 568. The highest BCUT2D eigenvalue weighted by Crippen LogP contribution is 2.30. The molecule has 1 fully saturated rings. The number of likely N-dealkylation sites (N-methyl/N-ethyl adjacent to an activating group) is 2. The summed E-state index contributed by atoms with van der Waals surface area (Å²) < 4.78 is 5.31. The van der Waals surface area contributed by atoms with Crippen LogP contribution in [0.5, 0.6) is 5.75 Å². The minimum Gasteiger partial charge on any atom is -0.495 e. The van der Waals surface area contributed by atoms with Crippen molar-refractivity contribution in [3.05, 3.63) is 23.8 Å². The summed E-state index contributed by atoms with van der Waals surface area (Å²) in [6.07, 6.45) is 0. The summed E-state index contributed by atoms with van der Waals surface area (Å²) in [4.78, 5) is 27.5. The van der Waals surface area contributed by atoms with Gasteiger partial charge in [0.25, 0.3) is 5.91 Å². The van der Waals surface area contributed by atoms with Gasteiger partial charge in [0.05, 0.1) is 12.8 Å². The first-order chi connectivity index (χ1) is 10.6. The van der Waals surface area contributed by atoms with Crippen molar-refractivity contribution in [3.8, 4) is 5.75 Å². The van der Waals surface area contributed by atoms with Crippen molar-refractivity contribution < 1.29 is 14.3 Å². The molecule has 2 N–H and O–H groups in total. The highest BCUT2D eigenvalue weighted by atomic mass is 35.5.